The van der Waals surface area contributed by atoms with E-state index >= 15 is 0 Å². The molecule has 0 spiro atoms. The maximum absolute atomic E-state index is 4.31. The molecule has 1 heterocycles. The van der Waals surface area contributed by atoms with Crippen molar-refractivity contribution in [1.29, 1.82) is 0 Å². The topological polar surface area (TPSA) is 29.9 Å². The van der Waals surface area contributed by atoms with E-state index in [4.69, 9.17) is 0 Å². The average Bonchev–Trinajstić information content (AvgIpc) is 2.67. The number of nitrogens with zero attached hydrogens (tertiary/aromatic N) is 2. The van der Waals surface area contributed by atoms with Crippen LogP contribution >= 0.6 is 0 Å². The number of aromatic nitrogens is 2. The van der Waals surface area contributed by atoms with Gasteiger partial charge in [-0.25, -0.2) is 0 Å². The molecule has 15 heavy (non-hydrogen) atoms. The van der Waals surface area contributed by atoms with Crippen LogP contribution in [0.3, 0.4) is 0 Å². The highest BCUT2D eigenvalue weighted by atomic mass is 15.3. The van der Waals surface area contributed by atoms with E-state index < -0.39 is 0 Å². The van der Waals surface area contributed by atoms with Gasteiger partial charge in [0.05, 0.1) is 6.20 Å². The summed E-state index contributed by atoms with van der Waals surface area (Å²) in [5.74, 6) is 0.695. The summed E-state index contributed by atoms with van der Waals surface area (Å²) in [6, 6.07) is 0.452. The first-order chi connectivity index (χ1) is 7.17. The largest absolute Gasteiger partial charge is 0.310 e. The van der Waals surface area contributed by atoms with Gasteiger partial charge in [0.15, 0.2) is 0 Å². The van der Waals surface area contributed by atoms with Crippen LogP contribution in [0.25, 0.3) is 0 Å². The van der Waals surface area contributed by atoms with Gasteiger partial charge in [0, 0.05) is 24.3 Å². The van der Waals surface area contributed by atoms with E-state index in [9.17, 15) is 0 Å². The van der Waals surface area contributed by atoms with Crippen molar-refractivity contribution in [2.24, 2.45) is 5.92 Å². The van der Waals surface area contributed by atoms with Crippen molar-refractivity contribution in [2.75, 3.05) is 6.54 Å². The number of nitrogens with one attached hydrogen (secondary N) is 1. The van der Waals surface area contributed by atoms with E-state index in [1.54, 1.807) is 0 Å². The minimum atomic E-state index is 0.452. The first kappa shape index (κ1) is 12.2. The number of hydrogen-bond donors (Lipinski definition) is 1. The molecular weight excluding hydrogens is 186 g/mol. The summed E-state index contributed by atoms with van der Waals surface area (Å²) >= 11 is 0. The molecule has 0 fully saturated rings. The molecule has 0 radical (unpaired) electrons. The molecule has 0 aromatic carbocycles. The van der Waals surface area contributed by atoms with E-state index in [0.29, 0.717) is 12.0 Å². The number of aryl methyl sites for hydroxylation is 1. The van der Waals surface area contributed by atoms with E-state index in [2.05, 4.69) is 44.3 Å². The Bertz CT molecular complexity index is 278. The molecule has 1 rings (SSSR count). The van der Waals surface area contributed by atoms with Crippen LogP contribution in [0.2, 0.25) is 0 Å². The van der Waals surface area contributed by atoms with E-state index in [1.165, 1.54) is 5.56 Å². The Balaban J connectivity index is 2.57. The van der Waals surface area contributed by atoms with Gasteiger partial charge in [-0.15, -0.1) is 0 Å². The summed E-state index contributed by atoms with van der Waals surface area (Å²) in [6.07, 6.45) is 5.23. The van der Waals surface area contributed by atoms with Crippen LogP contribution < -0.4 is 5.32 Å². The third kappa shape index (κ3) is 3.67. The molecule has 0 aliphatic carbocycles. The van der Waals surface area contributed by atoms with Crippen LogP contribution in [0, 0.1) is 5.92 Å². The molecule has 0 amide bonds. The van der Waals surface area contributed by atoms with Crippen LogP contribution in [-0.4, -0.2) is 16.3 Å². The highest BCUT2D eigenvalue weighted by Gasteiger charge is 2.10. The van der Waals surface area contributed by atoms with Gasteiger partial charge < -0.3 is 5.32 Å². The highest BCUT2D eigenvalue weighted by Crippen LogP contribution is 2.15. The van der Waals surface area contributed by atoms with Crippen LogP contribution in [0.15, 0.2) is 12.4 Å². The zero-order valence-corrected chi connectivity index (χ0v) is 10.3. The van der Waals surface area contributed by atoms with Gasteiger partial charge in [-0.2, -0.15) is 5.10 Å². The number of hydrogen-bond acceptors (Lipinski definition) is 2. The monoisotopic (exact) mass is 209 g/mol. The Labute approximate surface area is 92.9 Å². The third-order valence-electron chi connectivity index (χ3n) is 2.56. The molecule has 1 aromatic rings. The molecule has 0 saturated heterocycles. The van der Waals surface area contributed by atoms with Crippen molar-refractivity contribution in [1.82, 2.24) is 15.1 Å². The van der Waals surface area contributed by atoms with E-state index in [0.717, 1.165) is 19.5 Å². The standard InChI is InChI=1S/C12H23N3/c1-5-12(13-7-10(3)4)11-8-14-15(6-2)9-11/h8-10,12-13H,5-7H2,1-4H3. The normalized spacial score (nSPS) is 13.4. The lowest BCUT2D eigenvalue weighted by molar-refractivity contribution is 0.464. The van der Waals surface area contributed by atoms with Crippen molar-refractivity contribution in [3.05, 3.63) is 18.0 Å². The maximum Gasteiger partial charge on any atom is 0.0537 e. The fourth-order valence-corrected chi connectivity index (χ4v) is 1.61. The minimum Gasteiger partial charge on any atom is -0.310 e. The summed E-state index contributed by atoms with van der Waals surface area (Å²) in [4.78, 5) is 0. The molecule has 0 bridgehead atoms. The Kier molecular flexibility index (Phi) is 4.82. The summed E-state index contributed by atoms with van der Waals surface area (Å²) in [7, 11) is 0. The molecule has 3 heteroatoms. The third-order valence-corrected chi connectivity index (χ3v) is 2.56. The van der Waals surface area contributed by atoms with Gasteiger partial charge >= 0.3 is 0 Å². The van der Waals surface area contributed by atoms with Gasteiger partial charge in [-0.05, 0) is 25.8 Å². The van der Waals surface area contributed by atoms with Gasteiger partial charge in [-0.3, -0.25) is 4.68 Å². The summed E-state index contributed by atoms with van der Waals surface area (Å²) < 4.78 is 1.98. The SMILES string of the molecule is CCC(NCC(C)C)c1cnn(CC)c1. The molecule has 1 aromatic heterocycles. The maximum atomic E-state index is 4.31. The lowest BCUT2D eigenvalue weighted by Crippen LogP contribution is -2.24. The van der Waals surface area contributed by atoms with Crippen LogP contribution in [0.5, 0.6) is 0 Å². The fraction of sp³-hybridized carbons (Fsp3) is 0.750. The predicted molar refractivity (Wildman–Crippen MR) is 63.8 cm³/mol. The molecular formula is C12H23N3. The van der Waals surface area contributed by atoms with Gasteiger partial charge in [0.25, 0.3) is 0 Å². The second-order valence-corrected chi connectivity index (χ2v) is 4.39. The van der Waals surface area contributed by atoms with Gasteiger partial charge in [0.1, 0.15) is 0 Å². The first-order valence-corrected chi connectivity index (χ1v) is 5.93. The van der Waals surface area contributed by atoms with E-state index in [-0.39, 0.29) is 0 Å². The second-order valence-electron chi connectivity index (χ2n) is 4.39. The zero-order chi connectivity index (χ0) is 11.3. The van der Waals surface area contributed by atoms with Gasteiger partial charge in [-0.1, -0.05) is 20.8 Å². The second kappa shape index (κ2) is 5.91. The smallest absolute Gasteiger partial charge is 0.0537 e. The summed E-state index contributed by atoms with van der Waals surface area (Å²) in [5, 5.41) is 7.88. The van der Waals surface area contributed by atoms with Crippen LogP contribution in [0.1, 0.15) is 45.7 Å². The van der Waals surface area contributed by atoms with Crippen LogP contribution in [-0.2, 0) is 6.54 Å². The molecule has 0 saturated carbocycles. The Hall–Kier alpha value is -0.830. The average molecular weight is 209 g/mol. The summed E-state index contributed by atoms with van der Waals surface area (Å²) in [6.45, 7) is 10.8. The lowest BCUT2D eigenvalue weighted by Gasteiger charge is -2.16. The minimum absolute atomic E-state index is 0.452. The highest BCUT2D eigenvalue weighted by molar-refractivity contribution is 5.10. The Morgan fingerprint density at radius 2 is 2.13 bits per heavy atom. The quantitative estimate of drug-likeness (QED) is 0.780. The Morgan fingerprint density at radius 3 is 2.60 bits per heavy atom. The number of rotatable bonds is 6. The first-order valence-electron chi connectivity index (χ1n) is 5.93. The molecule has 1 unspecified atom stereocenters. The van der Waals surface area contributed by atoms with Crippen molar-refractivity contribution < 1.29 is 0 Å². The zero-order valence-electron chi connectivity index (χ0n) is 10.3. The van der Waals surface area contributed by atoms with Crippen molar-refractivity contribution in [3.8, 4) is 0 Å². The van der Waals surface area contributed by atoms with Gasteiger partial charge in [0.2, 0.25) is 0 Å². The van der Waals surface area contributed by atoms with Crippen molar-refractivity contribution in [3.63, 3.8) is 0 Å². The lowest BCUT2D eigenvalue weighted by atomic mass is 10.1. The van der Waals surface area contributed by atoms with E-state index in [1.807, 2.05) is 10.9 Å². The van der Waals surface area contributed by atoms with Crippen molar-refractivity contribution in [2.45, 2.75) is 46.7 Å². The molecule has 0 aliphatic rings. The molecule has 3 nitrogen and oxygen atoms in total. The molecule has 86 valence electrons. The fourth-order valence-electron chi connectivity index (χ4n) is 1.61. The molecule has 1 atom stereocenters. The predicted octanol–water partition coefficient (Wildman–Crippen LogP) is 2.60. The molecule has 0 aliphatic heterocycles. The summed E-state index contributed by atoms with van der Waals surface area (Å²) in [5.41, 5.74) is 1.31. The Morgan fingerprint density at radius 1 is 1.40 bits per heavy atom. The molecule has 1 N–H and O–H groups in total. The van der Waals surface area contributed by atoms with Crippen molar-refractivity contribution >= 4 is 0 Å². The van der Waals surface area contributed by atoms with Crippen LogP contribution in [0.4, 0.5) is 0 Å².